The smallest absolute Gasteiger partial charge is 0.0947 e. The molecule has 1 atom stereocenters. The fourth-order valence-electron chi connectivity index (χ4n) is 1.76. The van der Waals surface area contributed by atoms with E-state index < -0.39 is 0 Å². The van der Waals surface area contributed by atoms with Crippen molar-refractivity contribution in [1.82, 2.24) is 5.32 Å². The van der Waals surface area contributed by atoms with Gasteiger partial charge in [0.05, 0.1) is 19.1 Å². The van der Waals surface area contributed by atoms with Crippen molar-refractivity contribution >= 4 is 0 Å². The van der Waals surface area contributed by atoms with Gasteiger partial charge >= 0.3 is 0 Å². The summed E-state index contributed by atoms with van der Waals surface area (Å²) in [6.07, 6.45) is 4.20. The van der Waals surface area contributed by atoms with Gasteiger partial charge in [-0.25, -0.2) is 0 Å². The Morgan fingerprint density at radius 1 is 1.12 bits per heavy atom. The van der Waals surface area contributed by atoms with Crippen LogP contribution in [0.3, 0.4) is 0 Å². The van der Waals surface area contributed by atoms with Crippen LogP contribution in [0.25, 0.3) is 0 Å². The zero-order valence-electron chi connectivity index (χ0n) is 9.67. The summed E-state index contributed by atoms with van der Waals surface area (Å²) in [4.78, 5) is 0. The van der Waals surface area contributed by atoms with Gasteiger partial charge in [-0.2, -0.15) is 0 Å². The van der Waals surface area contributed by atoms with E-state index in [1.807, 2.05) is 24.3 Å². The Labute approximate surface area is 101 Å². The average molecular weight is 231 g/mol. The van der Waals surface area contributed by atoms with E-state index in [2.05, 4.69) is 17.4 Å². The molecule has 1 aromatic heterocycles. The Bertz CT molecular complexity index is 411. The van der Waals surface area contributed by atoms with Crippen LogP contribution in [0.1, 0.15) is 11.1 Å². The number of furan rings is 1. The van der Waals surface area contributed by atoms with Gasteiger partial charge < -0.3 is 14.8 Å². The van der Waals surface area contributed by atoms with Crippen LogP contribution in [0.4, 0.5) is 0 Å². The number of hydrogen-bond donors (Lipinski definition) is 2. The van der Waals surface area contributed by atoms with Crippen molar-refractivity contribution in [1.29, 1.82) is 0 Å². The summed E-state index contributed by atoms with van der Waals surface area (Å²) in [5.74, 6) is 0. The van der Waals surface area contributed by atoms with Gasteiger partial charge in [0.2, 0.25) is 0 Å². The summed E-state index contributed by atoms with van der Waals surface area (Å²) < 4.78 is 5.00. The van der Waals surface area contributed by atoms with Gasteiger partial charge in [0, 0.05) is 18.2 Å². The minimum Gasteiger partial charge on any atom is -0.472 e. The van der Waals surface area contributed by atoms with Gasteiger partial charge in [-0.05, 0) is 18.1 Å². The van der Waals surface area contributed by atoms with E-state index in [4.69, 9.17) is 4.42 Å². The molecule has 1 aromatic carbocycles. The molecule has 0 aliphatic carbocycles. The van der Waals surface area contributed by atoms with E-state index in [1.54, 1.807) is 12.5 Å². The van der Waals surface area contributed by atoms with Gasteiger partial charge in [0.15, 0.2) is 0 Å². The van der Waals surface area contributed by atoms with Crippen molar-refractivity contribution in [2.24, 2.45) is 0 Å². The lowest BCUT2D eigenvalue weighted by atomic mass is 10.1. The Morgan fingerprint density at radius 2 is 1.94 bits per heavy atom. The molecule has 0 saturated heterocycles. The summed E-state index contributed by atoms with van der Waals surface area (Å²) in [6.45, 7) is 0.849. The van der Waals surface area contributed by atoms with E-state index >= 15 is 0 Å². The standard InChI is InChI=1S/C14H17NO2/c16-10-14(8-12-4-2-1-3-5-12)15-9-13-6-7-17-11-13/h1-7,11,14-16H,8-10H2. The van der Waals surface area contributed by atoms with Crippen molar-refractivity contribution in [3.05, 3.63) is 60.1 Å². The summed E-state index contributed by atoms with van der Waals surface area (Å²) in [6, 6.07) is 12.2. The molecule has 0 spiro atoms. The molecule has 1 heterocycles. The molecule has 0 amide bonds. The number of benzene rings is 1. The molecular formula is C14H17NO2. The third-order valence-electron chi connectivity index (χ3n) is 2.72. The number of hydrogen-bond acceptors (Lipinski definition) is 3. The van der Waals surface area contributed by atoms with Crippen molar-refractivity contribution in [3.8, 4) is 0 Å². The highest BCUT2D eigenvalue weighted by Gasteiger charge is 2.07. The van der Waals surface area contributed by atoms with Crippen molar-refractivity contribution in [2.75, 3.05) is 6.61 Å². The lowest BCUT2D eigenvalue weighted by Crippen LogP contribution is -2.33. The Kier molecular flexibility index (Phi) is 4.36. The molecule has 17 heavy (non-hydrogen) atoms. The third kappa shape index (κ3) is 3.73. The summed E-state index contributed by atoms with van der Waals surface area (Å²) >= 11 is 0. The molecule has 0 radical (unpaired) electrons. The first-order valence-electron chi connectivity index (χ1n) is 5.77. The van der Waals surface area contributed by atoms with Gasteiger partial charge in [0.1, 0.15) is 0 Å². The highest BCUT2D eigenvalue weighted by molar-refractivity contribution is 5.16. The molecular weight excluding hydrogens is 214 g/mol. The second-order valence-corrected chi connectivity index (χ2v) is 4.08. The number of nitrogens with one attached hydrogen (secondary N) is 1. The summed E-state index contributed by atoms with van der Waals surface area (Å²) in [5.41, 5.74) is 2.32. The minimum absolute atomic E-state index is 0.0762. The maximum atomic E-state index is 9.33. The Hall–Kier alpha value is -1.58. The molecule has 3 nitrogen and oxygen atoms in total. The van der Waals surface area contributed by atoms with E-state index in [1.165, 1.54) is 5.56 Å². The first-order chi connectivity index (χ1) is 8.38. The average Bonchev–Trinajstić information content (AvgIpc) is 2.89. The topological polar surface area (TPSA) is 45.4 Å². The van der Waals surface area contributed by atoms with Crippen molar-refractivity contribution in [2.45, 2.75) is 19.0 Å². The highest BCUT2D eigenvalue weighted by Crippen LogP contribution is 2.05. The zero-order chi connectivity index (χ0) is 11.9. The zero-order valence-corrected chi connectivity index (χ0v) is 9.67. The Morgan fingerprint density at radius 3 is 2.59 bits per heavy atom. The molecule has 3 heteroatoms. The minimum atomic E-state index is 0.0762. The maximum Gasteiger partial charge on any atom is 0.0947 e. The molecule has 0 aliphatic rings. The molecule has 2 rings (SSSR count). The molecule has 0 bridgehead atoms. The predicted molar refractivity (Wildman–Crippen MR) is 66.6 cm³/mol. The van der Waals surface area contributed by atoms with E-state index in [-0.39, 0.29) is 12.6 Å². The second kappa shape index (κ2) is 6.23. The molecule has 90 valence electrons. The van der Waals surface area contributed by atoms with Crippen LogP contribution in [-0.2, 0) is 13.0 Å². The van der Waals surface area contributed by atoms with Crippen LogP contribution in [0.15, 0.2) is 53.3 Å². The first-order valence-corrected chi connectivity index (χ1v) is 5.77. The molecule has 2 aromatic rings. The predicted octanol–water partition coefficient (Wildman–Crippen LogP) is 1.97. The molecule has 0 saturated carbocycles. The van der Waals surface area contributed by atoms with E-state index in [0.29, 0.717) is 6.54 Å². The fraction of sp³-hybridized carbons (Fsp3) is 0.286. The molecule has 1 unspecified atom stereocenters. The Balaban J connectivity index is 1.85. The van der Waals surface area contributed by atoms with E-state index in [0.717, 1.165) is 12.0 Å². The molecule has 0 fully saturated rings. The number of aliphatic hydroxyl groups excluding tert-OH is 1. The monoisotopic (exact) mass is 231 g/mol. The van der Waals surface area contributed by atoms with Gasteiger partial charge in [-0.1, -0.05) is 30.3 Å². The van der Waals surface area contributed by atoms with Crippen molar-refractivity contribution in [3.63, 3.8) is 0 Å². The lowest BCUT2D eigenvalue weighted by Gasteiger charge is -2.15. The summed E-state index contributed by atoms with van der Waals surface area (Å²) in [5, 5.41) is 12.6. The first kappa shape index (κ1) is 11.9. The highest BCUT2D eigenvalue weighted by atomic mass is 16.3. The molecule has 2 N–H and O–H groups in total. The number of rotatable bonds is 6. The van der Waals surface area contributed by atoms with Crippen LogP contribution < -0.4 is 5.32 Å². The van der Waals surface area contributed by atoms with Crippen LogP contribution in [-0.4, -0.2) is 17.8 Å². The second-order valence-electron chi connectivity index (χ2n) is 4.08. The lowest BCUT2D eigenvalue weighted by molar-refractivity contribution is 0.240. The van der Waals surface area contributed by atoms with Crippen LogP contribution in [0.2, 0.25) is 0 Å². The quantitative estimate of drug-likeness (QED) is 0.799. The number of aliphatic hydroxyl groups is 1. The summed E-state index contributed by atoms with van der Waals surface area (Å²) in [7, 11) is 0. The van der Waals surface area contributed by atoms with Crippen LogP contribution in [0, 0.1) is 0 Å². The van der Waals surface area contributed by atoms with Crippen LogP contribution in [0.5, 0.6) is 0 Å². The normalized spacial score (nSPS) is 12.5. The van der Waals surface area contributed by atoms with Gasteiger partial charge in [0.25, 0.3) is 0 Å². The van der Waals surface area contributed by atoms with E-state index in [9.17, 15) is 5.11 Å². The van der Waals surface area contributed by atoms with Crippen LogP contribution >= 0.6 is 0 Å². The SMILES string of the molecule is OCC(Cc1ccccc1)NCc1ccoc1. The van der Waals surface area contributed by atoms with Crippen molar-refractivity contribution < 1.29 is 9.52 Å². The maximum absolute atomic E-state index is 9.33. The largest absolute Gasteiger partial charge is 0.472 e. The third-order valence-corrected chi connectivity index (χ3v) is 2.72. The van der Waals surface area contributed by atoms with Gasteiger partial charge in [-0.15, -0.1) is 0 Å². The molecule has 0 aliphatic heterocycles. The van der Waals surface area contributed by atoms with Gasteiger partial charge in [-0.3, -0.25) is 0 Å². The fourth-order valence-corrected chi connectivity index (χ4v) is 1.76.